The summed E-state index contributed by atoms with van der Waals surface area (Å²) in [5, 5.41) is 12.6. The smallest absolute Gasteiger partial charge is 0.337 e. The van der Waals surface area contributed by atoms with Gasteiger partial charge in [0.15, 0.2) is 0 Å². The average molecular weight is 249 g/mol. The molecule has 1 saturated heterocycles. The first-order valence-electron chi connectivity index (χ1n) is 6.17. The number of hydrogen-bond acceptors (Lipinski definition) is 3. The number of benzene rings is 1. The van der Waals surface area contributed by atoms with Crippen LogP contribution in [-0.4, -0.2) is 29.3 Å². The summed E-state index contributed by atoms with van der Waals surface area (Å²) in [4.78, 5) is 11.3. The third-order valence-corrected chi connectivity index (χ3v) is 3.80. The number of rotatable bonds is 3. The van der Waals surface area contributed by atoms with E-state index < -0.39 is 5.97 Å². The molecule has 0 spiro atoms. The van der Waals surface area contributed by atoms with E-state index in [1.54, 1.807) is 12.1 Å². The molecule has 2 N–H and O–H groups in total. The molecule has 1 aliphatic heterocycles. The van der Waals surface area contributed by atoms with Crippen molar-refractivity contribution < 1.29 is 14.6 Å². The maximum atomic E-state index is 11.3. The van der Waals surface area contributed by atoms with Crippen LogP contribution in [0.1, 0.15) is 36.2 Å². The molecule has 1 aliphatic rings. The van der Waals surface area contributed by atoms with Crippen molar-refractivity contribution in [2.45, 2.75) is 38.8 Å². The van der Waals surface area contributed by atoms with E-state index in [4.69, 9.17) is 4.74 Å². The summed E-state index contributed by atoms with van der Waals surface area (Å²) >= 11 is 0. The van der Waals surface area contributed by atoms with Gasteiger partial charge in [-0.3, -0.25) is 0 Å². The minimum atomic E-state index is -0.906. The van der Waals surface area contributed by atoms with Crippen molar-refractivity contribution in [1.82, 2.24) is 0 Å². The summed E-state index contributed by atoms with van der Waals surface area (Å²) in [6.45, 7) is 6.71. The van der Waals surface area contributed by atoms with Gasteiger partial charge in [0.05, 0.1) is 22.9 Å². The number of anilines is 1. The van der Waals surface area contributed by atoms with E-state index in [1.165, 1.54) is 0 Å². The maximum absolute atomic E-state index is 11.3. The second kappa shape index (κ2) is 4.61. The quantitative estimate of drug-likeness (QED) is 0.864. The molecule has 2 unspecified atom stereocenters. The second-order valence-corrected chi connectivity index (χ2v) is 5.11. The van der Waals surface area contributed by atoms with Crippen molar-refractivity contribution in [1.29, 1.82) is 0 Å². The largest absolute Gasteiger partial charge is 0.478 e. The van der Waals surface area contributed by atoms with Crippen LogP contribution in [-0.2, 0) is 4.74 Å². The molecule has 1 heterocycles. The van der Waals surface area contributed by atoms with Crippen molar-refractivity contribution in [3.8, 4) is 0 Å². The van der Waals surface area contributed by atoms with E-state index in [2.05, 4.69) is 12.2 Å². The lowest BCUT2D eigenvalue weighted by Gasteiger charge is -2.31. The molecule has 1 fully saturated rings. The Labute approximate surface area is 107 Å². The van der Waals surface area contributed by atoms with Crippen LogP contribution in [0, 0.1) is 6.92 Å². The van der Waals surface area contributed by atoms with Crippen LogP contribution < -0.4 is 5.32 Å². The van der Waals surface area contributed by atoms with Crippen LogP contribution in [0.25, 0.3) is 0 Å². The van der Waals surface area contributed by atoms with Gasteiger partial charge in [0.25, 0.3) is 0 Å². The highest BCUT2D eigenvalue weighted by molar-refractivity contribution is 5.95. The third-order valence-electron chi connectivity index (χ3n) is 3.80. The molecule has 18 heavy (non-hydrogen) atoms. The zero-order valence-corrected chi connectivity index (χ0v) is 11.0. The number of carbonyl (C=O) groups is 1. The van der Waals surface area contributed by atoms with Crippen LogP contribution in [0.2, 0.25) is 0 Å². The monoisotopic (exact) mass is 249 g/mol. The molecular formula is C14H19NO3. The molecule has 0 bridgehead atoms. The molecule has 0 aliphatic carbocycles. The number of para-hydroxylation sites is 1. The summed E-state index contributed by atoms with van der Waals surface area (Å²) in [7, 11) is 0. The fourth-order valence-electron chi connectivity index (χ4n) is 2.30. The van der Waals surface area contributed by atoms with Gasteiger partial charge >= 0.3 is 5.97 Å². The van der Waals surface area contributed by atoms with Crippen molar-refractivity contribution in [2.24, 2.45) is 0 Å². The first kappa shape index (κ1) is 12.9. The fraction of sp³-hybridized carbons (Fsp3) is 0.500. The van der Waals surface area contributed by atoms with Gasteiger partial charge in [0.2, 0.25) is 0 Å². The van der Waals surface area contributed by atoms with Crippen LogP contribution in [0.15, 0.2) is 18.2 Å². The van der Waals surface area contributed by atoms with E-state index in [0.717, 1.165) is 12.0 Å². The highest BCUT2D eigenvalue weighted by Gasteiger charge is 2.37. The van der Waals surface area contributed by atoms with Gasteiger partial charge < -0.3 is 15.2 Å². The van der Waals surface area contributed by atoms with E-state index in [-0.39, 0.29) is 11.6 Å². The van der Waals surface area contributed by atoms with Crippen molar-refractivity contribution >= 4 is 11.7 Å². The van der Waals surface area contributed by atoms with Crippen molar-refractivity contribution in [3.05, 3.63) is 29.3 Å². The van der Waals surface area contributed by atoms with Crippen molar-refractivity contribution in [3.63, 3.8) is 0 Å². The van der Waals surface area contributed by atoms with Gasteiger partial charge in [0.1, 0.15) is 0 Å². The molecule has 98 valence electrons. The minimum absolute atomic E-state index is 0.0683. The summed E-state index contributed by atoms with van der Waals surface area (Å²) in [6.07, 6.45) is 0.945. The lowest BCUT2D eigenvalue weighted by Crippen LogP contribution is -2.41. The molecule has 2 atom stereocenters. The van der Waals surface area contributed by atoms with Gasteiger partial charge in [-0.15, -0.1) is 0 Å². The topological polar surface area (TPSA) is 58.6 Å². The summed E-state index contributed by atoms with van der Waals surface area (Å²) < 4.78 is 5.57. The molecule has 0 radical (unpaired) electrons. The Hall–Kier alpha value is -1.55. The average Bonchev–Trinajstić information content (AvgIpc) is 2.62. The first-order valence-corrected chi connectivity index (χ1v) is 6.17. The van der Waals surface area contributed by atoms with Gasteiger partial charge in [0, 0.05) is 6.61 Å². The van der Waals surface area contributed by atoms with Crippen LogP contribution >= 0.6 is 0 Å². The zero-order valence-electron chi connectivity index (χ0n) is 11.0. The number of carboxylic acids is 1. The van der Waals surface area contributed by atoms with E-state index in [0.29, 0.717) is 17.9 Å². The number of carboxylic acid groups (broad SMARTS) is 1. The van der Waals surface area contributed by atoms with E-state index >= 15 is 0 Å². The van der Waals surface area contributed by atoms with Gasteiger partial charge in [-0.1, -0.05) is 12.1 Å². The zero-order chi connectivity index (χ0) is 13.3. The number of hydrogen-bond donors (Lipinski definition) is 2. The highest BCUT2D eigenvalue weighted by atomic mass is 16.5. The van der Waals surface area contributed by atoms with Gasteiger partial charge in [-0.25, -0.2) is 4.79 Å². The number of nitrogens with one attached hydrogen (secondary N) is 1. The Morgan fingerprint density at radius 1 is 1.56 bits per heavy atom. The fourth-order valence-corrected chi connectivity index (χ4v) is 2.30. The molecule has 2 rings (SSSR count). The molecule has 0 amide bonds. The Morgan fingerprint density at radius 3 is 2.83 bits per heavy atom. The molecular weight excluding hydrogens is 230 g/mol. The van der Waals surface area contributed by atoms with E-state index in [1.807, 2.05) is 19.9 Å². The molecule has 0 aromatic heterocycles. The van der Waals surface area contributed by atoms with Gasteiger partial charge in [-0.05, 0) is 38.8 Å². The van der Waals surface area contributed by atoms with Gasteiger partial charge in [-0.2, -0.15) is 0 Å². The molecule has 0 saturated carbocycles. The lowest BCUT2D eigenvalue weighted by molar-refractivity contribution is 0.0697. The third kappa shape index (κ3) is 2.20. The normalized spacial score (nSPS) is 27.2. The summed E-state index contributed by atoms with van der Waals surface area (Å²) in [5.41, 5.74) is 1.74. The molecule has 4 heteroatoms. The summed E-state index contributed by atoms with van der Waals surface area (Å²) in [5.74, 6) is -0.906. The van der Waals surface area contributed by atoms with E-state index in [9.17, 15) is 9.90 Å². The molecule has 1 aromatic rings. The molecule has 4 nitrogen and oxygen atoms in total. The predicted molar refractivity (Wildman–Crippen MR) is 70.2 cm³/mol. The standard InChI is InChI=1S/C14H19NO3/c1-9-5-4-6-11(13(16)17)12(9)15-14(3)7-8-18-10(14)2/h4-6,10,15H,7-8H2,1-3H3,(H,16,17). The predicted octanol–water partition coefficient (Wildman–Crippen LogP) is 2.67. The molecule has 1 aromatic carbocycles. The van der Waals surface area contributed by atoms with Crippen molar-refractivity contribution in [2.75, 3.05) is 11.9 Å². The Kier molecular flexibility index (Phi) is 3.30. The van der Waals surface area contributed by atoms with Crippen LogP contribution in [0.4, 0.5) is 5.69 Å². The number of ether oxygens (including phenoxy) is 1. The maximum Gasteiger partial charge on any atom is 0.337 e. The first-order chi connectivity index (χ1) is 8.44. The Morgan fingerprint density at radius 2 is 2.28 bits per heavy atom. The Balaban J connectivity index is 2.37. The SMILES string of the molecule is Cc1cccc(C(=O)O)c1NC1(C)CCOC1C. The second-order valence-electron chi connectivity index (χ2n) is 5.11. The van der Waals surface area contributed by atoms with Crippen LogP contribution in [0.5, 0.6) is 0 Å². The minimum Gasteiger partial charge on any atom is -0.478 e. The highest BCUT2D eigenvalue weighted by Crippen LogP contribution is 2.32. The van der Waals surface area contributed by atoms with Crippen LogP contribution in [0.3, 0.4) is 0 Å². The number of aryl methyl sites for hydroxylation is 1. The summed E-state index contributed by atoms with van der Waals surface area (Å²) in [6, 6.07) is 5.31. The Bertz CT molecular complexity index is 472. The lowest BCUT2D eigenvalue weighted by atomic mass is 9.93. The number of aromatic carboxylic acids is 1.